The minimum atomic E-state index is 0.324. The molecule has 3 aromatic rings. The normalized spacial score (nSPS) is 11.0. The third-order valence-electron chi connectivity index (χ3n) is 3.24. The van der Waals surface area contributed by atoms with Gasteiger partial charge in [0, 0.05) is 11.8 Å². The molecule has 3 heterocycles. The van der Waals surface area contributed by atoms with Crippen molar-refractivity contribution in [3.8, 4) is 5.88 Å². The van der Waals surface area contributed by atoms with Gasteiger partial charge in [-0.2, -0.15) is 4.98 Å². The van der Waals surface area contributed by atoms with Crippen LogP contribution in [0.15, 0.2) is 30.3 Å². The maximum Gasteiger partial charge on any atom is 0.215 e. The molecule has 0 amide bonds. The number of rotatable bonds is 4. The van der Waals surface area contributed by atoms with Crippen LogP contribution in [-0.4, -0.2) is 26.6 Å². The molecule has 0 saturated heterocycles. The summed E-state index contributed by atoms with van der Waals surface area (Å²) in [7, 11) is 1.60. The molecule has 108 valence electrons. The molecule has 0 aliphatic carbocycles. The van der Waals surface area contributed by atoms with E-state index >= 15 is 0 Å². The minimum absolute atomic E-state index is 0.324. The fourth-order valence-electron chi connectivity index (χ4n) is 2.26. The van der Waals surface area contributed by atoms with E-state index in [0.29, 0.717) is 18.3 Å². The summed E-state index contributed by atoms with van der Waals surface area (Å²) in [5, 5.41) is 0. The molecule has 0 spiro atoms. The Morgan fingerprint density at radius 1 is 1.14 bits per heavy atom. The highest BCUT2D eigenvalue weighted by atomic mass is 35.5. The Bertz CT molecular complexity index is 784. The lowest BCUT2D eigenvalue weighted by molar-refractivity contribution is 0.399. The Morgan fingerprint density at radius 3 is 2.71 bits per heavy atom. The van der Waals surface area contributed by atoms with E-state index in [-0.39, 0.29) is 0 Å². The van der Waals surface area contributed by atoms with Gasteiger partial charge in [0.15, 0.2) is 5.65 Å². The van der Waals surface area contributed by atoms with Crippen LogP contribution in [0.3, 0.4) is 0 Å². The highest BCUT2D eigenvalue weighted by Crippen LogP contribution is 2.20. The average Bonchev–Trinajstić information content (AvgIpc) is 2.84. The Hall–Kier alpha value is -2.14. The number of pyridine rings is 2. The minimum Gasteiger partial charge on any atom is -0.481 e. The molecule has 6 heteroatoms. The molecule has 0 N–H and O–H groups in total. The third-order valence-corrected chi connectivity index (χ3v) is 3.48. The summed E-state index contributed by atoms with van der Waals surface area (Å²) in [4.78, 5) is 13.5. The predicted octanol–water partition coefficient (Wildman–Crippen LogP) is 2.93. The Morgan fingerprint density at radius 2 is 2.00 bits per heavy atom. The quantitative estimate of drug-likeness (QED) is 0.695. The van der Waals surface area contributed by atoms with E-state index in [4.69, 9.17) is 16.3 Å². The number of methoxy groups -OCH3 is 1. The largest absolute Gasteiger partial charge is 0.481 e. The van der Waals surface area contributed by atoms with Crippen LogP contribution in [0.1, 0.15) is 17.2 Å². The van der Waals surface area contributed by atoms with E-state index in [2.05, 4.69) is 15.0 Å². The van der Waals surface area contributed by atoms with Crippen molar-refractivity contribution < 1.29 is 4.74 Å². The number of imidazole rings is 1. The number of nitrogens with zero attached hydrogens (tertiary/aromatic N) is 4. The molecule has 0 aliphatic heterocycles. The smallest absolute Gasteiger partial charge is 0.215 e. The summed E-state index contributed by atoms with van der Waals surface area (Å²) in [5.41, 5.74) is 3.49. The lowest BCUT2D eigenvalue weighted by Gasteiger charge is -2.07. The van der Waals surface area contributed by atoms with Crippen molar-refractivity contribution >= 4 is 22.8 Å². The third kappa shape index (κ3) is 2.69. The molecule has 3 rings (SSSR count). The van der Waals surface area contributed by atoms with Crippen LogP contribution < -0.4 is 4.74 Å². The molecule has 0 aliphatic rings. The van der Waals surface area contributed by atoms with Crippen LogP contribution in [0.5, 0.6) is 5.88 Å². The average molecular weight is 303 g/mol. The molecule has 0 unspecified atom stereocenters. The fraction of sp³-hybridized carbons (Fsp3) is 0.267. The predicted molar refractivity (Wildman–Crippen MR) is 81.7 cm³/mol. The van der Waals surface area contributed by atoms with Crippen molar-refractivity contribution in [1.29, 1.82) is 0 Å². The number of aromatic nitrogens is 4. The monoisotopic (exact) mass is 302 g/mol. The molecule has 5 nitrogen and oxygen atoms in total. The lowest BCUT2D eigenvalue weighted by Crippen LogP contribution is -2.07. The van der Waals surface area contributed by atoms with E-state index in [9.17, 15) is 0 Å². The Balaban J connectivity index is 2.10. The van der Waals surface area contributed by atoms with Crippen LogP contribution >= 0.6 is 11.6 Å². The van der Waals surface area contributed by atoms with Crippen molar-refractivity contribution in [1.82, 2.24) is 19.5 Å². The van der Waals surface area contributed by atoms with E-state index in [1.54, 1.807) is 13.2 Å². The zero-order valence-electron chi connectivity index (χ0n) is 11.9. The number of alkyl halides is 1. The molecule has 3 aromatic heterocycles. The van der Waals surface area contributed by atoms with Gasteiger partial charge in [-0.1, -0.05) is 6.07 Å². The van der Waals surface area contributed by atoms with Crippen molar-refractivity contribution in [2.75, 3.05) is 7.11 Å². The first-order chi connectivity index (χ1) is 10.2. The molecule has 21 heavy (non-hydrogen) atoms. The Kier molecular flexibility index (Phi) is 3.75. The van der Waals surface area contributed by atoms with Gasteiger partial charge >= 0.3 is 0 Å². The van der Waals surface area contributed by atoms with Crippen LogP contribution in [0.4, 0.5) is 0 Å². The first-order valence-electron chi connectivity index (χ1n) is 6.60. The highest BCUT2D eigenvalue weighted by Gasteiger charge is 2.13. The summed E-state index contributed by atoms with van der Waals surface area (Å²) in [6, 6.07) is 9.63. The van der Waals surface area contributed by atoms with Gasteiger partial charge in [-0.05, 0) is 25.1 Å². The van der Waals surface area contributed by atoms with Gasteiger partial charge in [-0.25, -0.2) is 4.98 Å². The van der Waals surface area contributed by atoms with Crippen molar-refractivity contribution in [3.63, 3.8) is 0 Å². The first-order valence-corrected chi connectivity index (χ1v) is 7.13. The van der Waals surface area contributed by atoms with E-state index in [0.717, 1.165) is 28.4 Å². The topological polar surface area (TPSA) is 52.8 Å². The summed E-state index contributed by atoms with van der Waals surface area (Å²) < 4.78 is 7.17. The number of hydrogen-bond acceptors (Lipinski definition) is 4. The second kappa shape index (κ2) is 5.69. The van der Waals surface area contributed by atoms with Crippen LogP contribution in [-0.2, 0) is 12.4 Å². The van der Waals surface area contributed by atoms with Gasteiger partial charge in [-0.15, -0.1) is 11.6 Å². The van der Waals surface area contributed by atoms with E-state index < -0.39 is 0 Å². The zero-order valence-corrected chi connectivity index (χ0v) is 12.6. The molecular weight excluding hydrogens is 288 g/mol. The maximum absolute atomic E-state index is 6.01. The first kappa shape index (κ1) is 13.8. The van der Waals surface area contributed by atoms with Crippen LogP contribution in [0, 0.1) is 6.92 Å². The summed E-state index contributed by atoms with van der Waals surface area (Å²) in [6.45, 7) is 2.56. The molecule has 0 bridgehead atoms. The van der Waals surface area contributed by atoms with Gasteiger partial charge in [0.2, 0.25) is 5.88 Å². The van der Waals surface area contributed by atoms with E-state index in [1.165, 1.54) is 0 Å². The summed E-state index contributed by atoms with van der Waals surface area (Å²) in [5.74, 6) is 1.66. The van der Waals surface area contributed by atoms with Crippen LogP contribution in [0.2, 0.25) is 0 Å². The summed E-state index contributed by atoms with van der Waals surface area (Å²) in [6.07, 6.45) is 0. The maximum atomic E-state index is 6.01. The molecule has 0 radical (unpaired) electrons. The van der Waals surface area contributed by atoms with Crippen molar-refractivity contribution in [2.45, 2.75) is 19.3 Å². The number of halogens is 1. The van der Waals surface area contributed by atoms with Gasteiger partial charge in [0.25, 0.3) is 0 Å². The SMILES string of the molecule is COc1ccc2nc(CCl)n(Cc3cccc(C)n3)c2n1. The highest BCUT2D eigenvalue weighted by molar-refractivity contribution is 6.16. The van der Waals surface area contributed by atoms with Gasteiger partial charge in [0.1, 0.15) is 11.3 Å². The number of ether oxygens (including phenoxy) is 1. The number of hydrogen-bond donors (Lipinski definition) is 0. The molecule has 0 atom stereocenters. The molecule has 0 aromatic carbocycles. The Labute approximate surface area is 127 Å². The van der Waals surface area contributed by atoms with Gasteiger partial charge in [-0.3, -0.25) is 4.98 Å². The summed E-state index contributed by atoms with van der Waals surface area (Å²) >= 11 is 6.01. The van der Waals surface area contributed by atoms with Crippen molar-refractivity contribution in [3.05, 3.63) is 47.5 Å². The second-order valence-electron chi connectivity index (χ2n) is 4.71. The number of fused-ring (bicyclic) bond motifs is 1. The molecule has 0 fully saturated rings. The second-order valence-corrected chi connectivity index (χ2v) is 4.98. The lowest BCUT2D eigenvalue weighted by atomic mass is 10.3. The van der Waals surface area contributed by atoms with Crippen LogP contribution in [0.25, 0.3) is 11.2 Å². The van der Waals surface area contributed by atoms with E-state index in [1.807, 2.05) is 35.8 Å². The molecular formula is C15H15ClN4O. The molecule has 0 saturated carbocycles. The fourth-order valence-corrected chi connectivity index (χ4v) is 2.47. The zero-order chi connectivity index (χ0) is 14.8. The van der Waals surface area contributed by atoms with Gasteiger partial charge < -0.3 is 9.30 Å². The standard InChI is InChI=1S/C15H15ClN4O/c1-10-4-3-5-11(17-10)9-20-13(8-16)18-12-6-7-14(21-2)19-15(12)20/h3-7H,8-9H2,1-2H3. The number of aryl methyl sites for hydroxylation is 1. The van der Waals surface area contributed by atoms with Crippen molar-refractivity contribution in [2.24, 2.45) is 0 Å². The van der Waals surface area contributed by atoms with Gasteiger partial charge in [0.05, 0.1) is 25.2 Å².